The van der Waals surface area contributed by atoms with E-state index in [2.05, 4.69) is 0 Å². The zero-order valence-corrected chi connectivity index (χ0v) is 11.3. The van der Waals surface area contributed by atoms with Gasteiger partial charge in [-0.05, 0) is 31.4 Å². The van der Waals surface area contributed by atoms with Gasteiger partial charge in [-0.3, -0.25) is 4.79 Å². The fourth-order valence-electron chi connectivity index (χ4n) is 2.09. The fourth-order valence-corrected chi connectivity index (χ4v) is 2.93. The minimum absolute atomic E-state index is 0.0432. The largest absolute Gasteiger partial charge is 0.399 e. The molecule has 1 fully saturated rings. The third-order valence-corrected chi connectivity index (χ3v) is 4.14. The smallest absolute Gasteiger partial charge is 0.232 e. The minimum Gasteiger partial charge on any atom is -0.399 e. The number of nitrogen functional groups attached to an aromatic ring is 1. The molecule has 1 aromatic rings. The molecule has 2 N–H and O–H groups in total. The molecule has 0 radical (unpaired) electrons. The summed E-state index contributed by atoms with van der Waals surface area (Å²) in [6.07, 6.45) is 3.14. The van der Waals surface area contributed by atoms with Crippen LogP contribution in [0.25, 0.3) is 0 Å². The Bertz CT molecular complexity index is 453. The number of nitrogens with zero attached hydrogens (tertiary/aromatic N) is 1. The van der Waals surface area contributed by atoms with Gasteiger partial charge in [0.1, 0.15) is 11.6 Å². The zero-order chi connectivity index (χ0) is 13.8. The molecule has 0 aromatic heterocycles. The van der Waals surface area contributed by atoms with Crippen LogP contribution in [-0.2, 0) is 4.79 Å². The maximum Gasteiger partial charge on any atom is 0.232 e. The van der Waals surface area contributed by atoms with Crippen molar-refractivity contribution in [3.63, 3.8) is 0 Å². The van der Waals surface area contributed by atoms with E-state index in [0.29, 0.717) is 0 Å². The van der Waals surface area contributed by atoms with Crippen LogP contribution in [0.1, 0.15) is 19.3 Å². The number of hydrogen-bond acceptors (Lipinski definition) is 3. The summed E-state index contributed by atoms with van der Waals surface area (Å²) >= 11 is 0.887. The normalized spacial score (nSPS) is 15.6. The highest BCUT2D eigenvalue weighted by Gasteiger charge is 2.18. The van der Waals surface area contributed by atoms with Crippen molar-refractivity contribution in [3.05, 3.63) is 23.8 Å². The monoisotopic (exact) mass is 286 g/mol. The van der Waals surface area contributed by atoms with E-state index in [1.54, 1.807) is 4.90 Å². The molecule has 19 heavy (non-hydrogen) atoms. The third kappa shape index (κ3) is 3.59. The number of rotatable bonds is 3. The molecule has 1 aromatic carbocycles. The third-order valence-electron chi connectivity index (χ3n) is 3.07. The molecule has 6 heteroatoms. The maximum absolute atomic E-state index is 13.5. The average molecular weight is 286 g/mol. The molecule has 0 spiro atoms. The summed E-state index contributed by atoms with van der Waals surface area (Å²) in [5, 5.41) is 0. The molecule has 1 aliphatic heterocycles. The van der Waals surface area contributed by atoms with Crippen molar-refractivity contribution >= 4 is 23.4 Å². The second-order valence-electron chi connectivity index (χ2n) is 4.54. The molecule has 104 valence electrons. The van der Waals surface area contributed by atoms with Crippen LogP contribution in [0.15, 0.2) is 17.0 Å². The van der Waals surface area contributed by atoms with Crippen LogP contribution in [0.5, 0.6) is 0 Å². The highest BCUT2D eigenvalue weighted by molar-refractivity contribution is 8.00. The van der Waals surface area contributed by atoms with Gasteiger partial charge in [0.2, 0.25) is 5.91 Å². The molecule has 0 bridgehead atoms. The van der Waals surface area contributed by atoms with Crippen molar-refractivity contribution < 1.29 is 13.6 Å². The molecule has 1 saturated heterocycles. The van der Waals surface area contributed by atoms with Crippen LogP contribution >= 0.6 is 11.8 Å². The Morgan fingerprint density at radius 1 is 1.21 bits per heavy atom. The average Bonchev–Trinajstić information content (AvgIpc) is 2.38. The lowest BCUT2D eigenvalue weighted by Gasteiger charge is -2.26. The van der Waals surface area contributed by atoms with E-state index in [4.69, 9.17) is 5.73 Å². The molecule has 0 saturated carbocycles. The Hall–Kier alpha value is -1.30. The molecule has 1 heterocycles. The summed E-state index contributed by atoms with van der Waals surface area (Å²) in [6, 6.07) is 2.13. The Morgan fingerprint density at radius 3 is 2.37 bits per heavy atom. The number of nitrogens with two attached hydrogens (primary N) is 1. The predicted octanol–water partition coefficient (Wildman–Crippen LogP) is 2.65. The Kier molecular flexibility index (Phi) is 4.63. The first kappa shape index (κ1) is 14.1. The molecular formula is C13H16F2N2OS. The molecule has 1 aliphatic rings. The van der Waals surface area contributed by atoms with Crippen LogP contribution < -0.4 is 5.73 Å². The second kappa shape index (κ2) is 6.23. The number of thioether (sulfide) groups is 1. The van der Waals surface area contributed by atoms with Gasteiger partial charge in [-0.1, -0.05) is 0 Å². The van der Waals surface area contributed by atoms with E-state index in [-0.39, 0.29) is 22.2 Å². The first-order valence-corrected chi connectivity index (χ1v) is 7.21. The van der Waals surface area contributed by atoms with Gasteiger partial charge in [-0.15, -0.1) is 11.8 Å². The van der Waals surface area contributed by atoms with Crippen molar-refractivity contribution in [2.75, 3.05) is 24.6 Å². The lowest BCUT2D eigenvalue weighted by molar-refractivity contribution is -0.129. The van der Waals surface area contributed by atoms with E-state index < -0.39 is 11.6 Å². The van der Waals surface area contributed by atoms with Gasteiger partial charge in [0.15, 0.2) is 0 Å². The lowest BCUT2D eigenvalue weighted by Crippen LogP contribution is -2.36. The van der Waals surface area contributed by atoms with E-state index in [1.165, 1.54) is 0 Å². The van der Waals surface area contributed by atoms with E-state index >= 15 is 0 Å². The van der Waals surface area contributed by atoms with Gasteiger partial charge in [-0.2, -0.15) is 0 Å². The zero-order valence-electron chi connectivity index (χ0n) is 10.5. The Morgan fingerprint density at radius 2 is 1.79 bits per heavy atom. The van der Waals surface area contributed by atoms with Gasteiger partial charge in [-0.25, -0.2) is 8.78 Å². The van der Waals surface area contributed by atoms with Crippen molar-refractivity contribution in [1.82, 2.24) is 4.90 Å². The highest BCUT2D eigenvalue weighted by atomic mass is 32.2. The Balaban J connectivity index is 1.96. The number of anilines is 1. The van der Waals surface area contributed by atoms with Crippen LogP contribution in [0.3, 0.4) is 0 Å². The predicted molar refractivity (Wildman–Crippen MR) is 71.9 cm³/mol. The summed E-state index contributed by atoms with van der Waals surface area (Å²) in [7, 11) is 0. The summed E-state index contributed by atoms with van der Waals surface area (Å²) in [5.41, 5.74) is 5.38. The van der Waals surface area contributed by atoms with Gasteiger partial charge in [0, 0.05) is 18.8 Å². The SMILES string of the molecule is Nc1cc(F)c(SCC(=O)N2CCCCC2)c(F)c1. The van der Waals surface area contributed by atoms with Gasteiger partial charge in [0.25, 0.3) is 0 Å². The van der Waals surface area contributed by atoms with Gasteiger partial charge >= 0.3 is 0 Å². The van der Waals surface area contributed by atoms with Gasteiger partial charge in [0.05, 0.1) is 10.6 Å². The maximum atomic E-state index is 13.5. The fraction of sp³-hybridized carbons (Fsp3) is 0.462. The van der Waals surface area contributed by atoms with Crippen LogP contribution in [0, 0.1) is 11.6 Å². The number of carbonyl (C=O) groups is 1. The minimum atomic E-state index is -0.714. The van der Waals surface area contributed by atoms with Gasteiger partial charge < -0.3 is 10.6 Å². The molecular weight excluding hydrogens is 270 g/mol. The van der Waals surface area contributed by atoms with Crippen molar-refractivity contribution in [2.24, 2.45) is 0 Å². The number of hydrogen-bond donors (Lipinski definition) is 1. The lowest BCUT2D eigenvalue weighted by atomic mass is 10.1. The number of benzene rings is 1. The molecule has 2 rings (SSSR count). The molecule has 3 nitrogen and oxygen atoms in total. The van der Waals surface area contributed by atoms with E-state index in [1.807, 2.05) is 0 Å². The topological polar surface area (TPSA) is 46.3 Å². The summed E-state index contributed by atoms with van der Waals surface area (Å²) < 4.78 is 27.1. The van der Waals surface area contributed by atoms with Crippen molar-refractivity contribution in [2.45, 2.75) is 24.2 Å². The van der Waals surface area contributed by atoms with E-state index in [9.17, 15) is 13.6 Å². The Labute approximate surface area is 115 Å². The summed E-state index contributed by atoms with van der Waals surface area (Å²) in [6.45, 7) is 1.48. The molecule has 1 amide bonds. The van der Waals surface area contributed by atoms with Crippen LogP contribution in [0.2, 0.25) is 0 Å². The first-order chi connectivity index (χ1) is 9.08. The summed E-state index contributed by atoms with van der Waals surface area (Å²) in [4.78, 5) is 13.5. The molecule has 0 aliphatic carbocycles. The first-order valence-electron chi connectivity index (χ1n) is 6.23. The van der Waals surface area contributed by atoms with Crippen LogP contribution in [-0.4, -0.2) is 29.6 Å². The standard InChI is InChI=1S/C13H16F2N2OS/c14-10-6-9(16)7-11(15)13(10)19-8-12(18)17-4-2-1-3-5-17/h6-7H,1-5,8,16H2. The number of amides is 1. The number of piperidine rings is 1. The highest BCUT2D eigenvalue weighted by Crippen LogP contribution is 2.27. The molecule has 0 atom stereocenters. The quantitative estimate of drug-likeness (QED) is 0.686. The molecule has 0 unspecified atom stereocenters. The van der Waals surface area contributed by atoms with Crippen molar-refractivity contribution in [1.29, 1.82) is 0 Å². The number of carbonyl (C=O) groups excluding carboxylic acids is 1. The number of likely N-dealkylation sites (tertiary alicyclic amines) is 1. The van der Waals surface area contributed by atoms with E-state index in [0.717, 1.165) is 56.2 Å². The summed E-state index contributed by atoms with van der Waals surface area (Å²) in [5.74, 6) is -1.44. The van der Waals surface area contributed by atoms with Crippen molar-refractivity contribution in [3.8, 4) is 0 Å². The number of halogens is 2. The second-order valence-corrected chi connectivity index (χ2v) is 5.53. The van der Waals surface area contributed by atoms with Crippen LogP contribution in [0.4, 0.5) is 14.5 Å².